The Morgan fingerprint density at radius 2 is 1.83 bits per heavy atom. The number of nitro benzene ring substituents is 1. The number of carbonyl (C=O) groups excluding carboxylic acids is 1. The van der Waals surface area contributed by atoms with Gasteiger partial charge in [-0.3, -0.25) is 19.8 Å². The van der Waals surface area contributed by atoms with Gasteiger partial charge in [0.2, 0.25) is 0 Å². The molecule has 2 aromatic carbocycles. The van der Waals surface area contributed by atoms with E-state index in [1.165, 1.54) is 29.2 Å². The third-order valence-electron chi connectivity index (χ3n) is 4.21. The van der Waals surface area contributed by atoms with Gasteiger partial charge in [-0.25, -0.2) is 0 Å². The molecule has 2 heterocycles. The van der Waals surface area contributed by atoms with E-state index in [4.69, 9.17) is 39.8 Å². The van der Waals surface area contributed by atoms with Crippen LogP contribution in [0.3, 0.4) is 0 Å². The fourth-order valence-corrected chi connectivity index (χ4v) is 4.59. The summed E-state index contributed by atoms with van der Waals surface area (Å²) in [5.74, 6) is 0.662. The Balaban J connectivity index is 1.59. The van der Waals surface area contributed by atoms with Gasteiger partial charge in [0, 0.05) is 28.8 Å². The van der Waals surface area contributed by atoms with Crippen LogP contribution in [-0.4, -0.2) is 15.2 Å². The van der Waals surface area contributed by atoms with E-state index in [-0.39, 0.29) is 11.6 Å². The Hall–Kier alpha value is -2.65. The van der Waals surface area contributed by atoms with Crippen molar-refractivity contribution in [1.29, 1.82) is 0 Å². The highest BCUT2D eigenvalue weighted by Gasteiger charge is 2.33. The van der Waals surface area contributed by atoms with E-state index in [9.17, 15) is 14.9 Å². The maximum absolute atomic E-state index is 12.8. The van der Waals surface area contributed by atoms with Crippen molar-refractivity contribution in [3.63, 3.8) is 0 Å². The number of thioether (sulfide) groups is 1. The molecule has 150 valence electrons. The minimum atomic E-state index is -0.505. The zero-order valence-corrected chi connectivity index (χ0v) is 18.0. The topological polar surface area (TPSA) is 76.6 Å². The van der Waals surface area contributed by atoms with Crippen LogP contribution in [0.1, 0.15) is 5.76 Å². The second-order valence-electron chi connectivity index (χ2n) is 6.12. The average molecular weight is 477 g/mol. The minimum absolute atomic E-state index is 0.0660. The van der Waals surface area contributed by atoms with E-state index < -0.39 is 4.92 Å². The van der Waals surface area contributed by atoms with Crippen molar-refractivity contribution in [2.24, 2.45) is 0 Å². The van der Waals surface area contributed by atoms with Crippen molar-refractivity contribution in [3.8, 4) is 11.3 Å². The summed E-state index contributed by atoms with van der Waals surface area (Å²) in [5, 5.41) is 11.8. The largest absolute Gasteiger partial charge is 0.457 e. The molecule has 6 nitrogen and oxygen atoms in total. The van der Waals surface area contributed by atoms with Crippen LogP contribution in [-0.2, 0) is 4.79 Å². The summed E-state index contributed by atoms with van der Waals surface area (Å²) in [7, 11) is 0. The van der Waals surface area contributed by atoms with Crippen LogP contribution in [0.25, 0.3) is 17.4 Å². The Bertz CT molecular complexity index is 1220. The van der Waals surface area contributed by atoms with Crippen molar-refractivity contribution in [2.45, 2.75) is 0 Å². The lowest BCUT2D eigenvalue weighted by Gasteiger charge is -2.13. The molecule has 10 heteroatoms. The van der Waals surface area contributed by atoms with Crippen LogP contribution in [0, 0.1) is 10.1 Å². The fraction of sp³-hybridized carbons (Fsp3) is 0. The Morgan fingerprint density at radius 3 is 2.50 bits per heavy atom. The number of nitro groups is 1. The normalized spacial score (nSPS) is 15.3. The third kappa shape index (κ3) is 3.99. The number of hydrogen-bond acceptors (Lipinski definition) is 6. The maximum atomic E-state index is 12.8. The summed E-state index contributed by atoms with van der Waals surface area (Å²) in [6, 6.07) is 14.2. The Morgan fingerprint density at radius 1 is 1.10 bits per heavy atom. The van der Waals surface area contributed by atoms with Gasteiger partial charge in [-0.05, 0) is 42.5 Å². The molecule has 30 heavy (non-hydrogen) atoms. The summed E-state index contributed by atoms with van der Waals surface area (Å²) in [4.78, 5) is 24.9. The minimum Gasteiger partial charge on any atom is -0.457 e. The molecule has 0 aliphatic carbocycles. The number of amides is 1. The number of furan rings is 1. The number of anilines is 1. The first-order chi connectivity index (χ1) is 14.3. The number of halogens is 2. The molecule has 0 atom stereocenters. The van der Waals surface area contributed by atoms with Crippen molar-refractivity contribution < 1.29 is 14.1 Å². The first-order valence-corrected chi connectivity index (χ1v) is 10.4. The highest BCUT2D eigenvalue weighted by molar-refractivity contribution is 8.27. The Kier molecular flexibility index (Phi) is 5.66. The van der Waals surface area contributed by atoms with E-state index in [0.29, 0.717) is 42.0 Å². The maximum Gasteiger partial charge on any atom is 0.270 e. The summed E-state index contributed by atoms with van der Waals surface area (Å²) in [6.07, 6.45) is 1.60. The van der Waals surface area contributed by atoms with Gasteiger partial charge in [-0.2, -0.15) is 0 Å². The molecule has 1 amide bonds. The third-order valence-corrected chi connectivity index (χ3v) is 6.06. The van der Waals surface area contributed by atoms with Crippen LogP contribution >= 0.6 is 47.2 Å². The SMILES string of the molecule is O=C1/C(=C/c2ccc(-c3ccc(Cl)cc3Cl)o2)SC(=S)N1c1ccc([N+](=O)[O-])cc1. The standard InChI is InChI=1S/C20H10Cl2N2O4S2/c21-11-1-7-15(16(22)9-11)17-8-6-14(28-17)10-18-19(25)23(20(29)30-18)12-2-4-13(5-3-12)24(26)27/h1-10H/b18-10-. The van der Waals surface area contributed by atoms with Gasteiger partial charge in [0.25, 0.3) is 11.6 Å². The van der Waals surface area contributed by atoms with Gasteiger partial charge in [0.1, 0.15) is 11.5 Å². The lowest BCUT2D eigenvalue weighted by atomic mass is 10.2. The number of nitrogens with zero attached hydrogens (tertiary/aromatic N) is 2. The second-order valence-corrected chi connectivity index (χ2v) is 8.64. The van der Waals surface area contributed by atoms with E-state index in [1.807, 2.05) is 0 Å². The van der Waals surface area contributed by atoms with Crippen LogP contribution in [0.15, 0.2) is 63.9 Å². The molecule has 0 N–H and O–H groups in total. The molecular weight excluding hydrogens is 467 g/mol. The fourth-order valence-electron chi connectivity index (χ4n) is 2.81. The van der Waals surface area contributed by atoms with Crippen LogP contribution in [0.4, 0.5) is 11.4 Å². The van der Waals surface area contributed by atoms with E-state index in [2.05, 4.69) is 0 Å². The Labute approximate surface area is 190 Å². The molecule has 1 aliphatic rings. The predicted octanol–water partition coefficient (Wildman–Crippen LogP) is 6.57. The van der Waals surface area contributed by atoms with Crippen molar-refractivity contribution in [2.75, 3.05) is 4.90 Å². The molecule has 0 unspecified atom stereocenters. The number of benzene rings is 2. The quantitative estimate of drug-likeness (QED) is 0.183. The summed E-state index contributed by atoms with van der Waals surface area (Å²) in [5.41, 5.74) is 1.07. The number of non-ortho nitro benzene ring substituents is 1. The highest BCUT2D eigenvalue weighted by atomic mass is 35.5. The van der Waals surface area contributed by atoms with Crippen molar-refractivity contribution >= 4 is 74.9 Å². The van der Waals surface area contributed by atoms with Gasteiger partial charge in [0.05, 0.1) is 20.5 Å². The molecule has 1 aromatic heterocycles. The summed E-state index contributed by atoms with van der Waals surface area (Å²) in [6.45, 7) is 0. The highest BCUT2D eigenvalue weighted by Crippen LogP contribution is 2.37. The van der Waals surface area contributed by atoms with Crippen LogP contribution < -0.4 is 4.90 Å². The van der Waals surface area contributed by atoms with Crippen LogP contribution in [0.5, 0.6) is 0 Å². The van der Waals surface area contributed by atoms with E-state index >= 15 is 0 Å². The number of rotatable bonds is 4. The summed E-state index contributed by atoms with van der Waals surface area (Å²) >= 11 is 18.6. The van der Waals surface area contributed by atoms with Gasteiger partial charge in [-0.1, -0.05) is 47.2 Å². The molecule has 0 spiro atoms. The molecule has 3 aromatic rings. The van der Waals surface area contributed by atoms with Gasteiger partial charge >= 0.3 is 0 Å². The molecule has 0 saturated carbocycles. The summed E-state index contributed by atoms with van der Waals surface area (Å²) < 4.78 is 6.14. The molecule has 1 aliphatic heterocycles. The van der Waals surface area contributed by atoms with Gasteiger partial charge < -0.3 is 4.42 Å². The molecular formula is C20H10Cl2N2O4S2. The lowest BCUT2D eigenvalue weighted by Crippen LogP contribution is -2.27. The lowest BCUT2D eigenvalue weighted by molar-refractivity contribution is -0.384. The molecule has 1 saturated heterocycles. The van der Waals surface area contributed by atoms with E-state index in [1.54, 1.807) is 36.4 Å². The van der Waals surface area contributed by atoms with Crippen molar-refractivity contribution in [1.82, 2.24) is 0 Å². The zero-order chi connectivity index (χ0) is 21.4. The number of thiocarbonyl (C=S) groups is 1. The number of carbonyl (C=O) groups is 1. The molecule has 0 bridgehead atoms. The van der Waals surface area contributed by atoms with Crippen LogP contribution in [0.2, 0.25) is 10.0 Å². The smallest absolute Gasteiger partial charge is 0.270 e. The molecule has 4 rings (SSSR count). The van der Waals surface area contributed by atoms with Gasteiger partial charge in [0.15, 0.2) is 4.32 Å². The zero-order valence-electron chi connectivity index (χ0n) is 14.9. The first-order valence-electron chi connectivity index (χ1n) is 8.41. The average Bonchev–Trinajstić information content (AvgIpc) is 3.26. The second kappa shape index (κ2) is 8.23. The first kappa shape index (κ1) is 20.6. The number of hydrogen-bond donors (Lipinski definition) is 0. The van der Waals surface area contributed by atoms with Gasteiger partial charge in [-0.15, -0.1) is 0 Å². The molecule has 0 radical (unpaired) electrons. The monoisotopic (exact) mass is 476 g/mol. The van der Waals surface area contributed by atoms with E-state index in [0.717, 1.165) is 11.8 Å². The molecule has 1 fully saturated rings. The predicted molar refractivity (Wildman–Crippen MR) is 123 cm³/mol. The van der Waals surface area contributed by atoms with Crippen molar-refractivity contribution in [3.05, 3.63) is 85.4 Å².